The Morgan fingerprint density at radius 1 is 0.839 bits per heavy atom. The molecule has 0 aromatic carbocycles. The van der Waals surface area contributed by atoms with E-state index >= 15 is 0 Å². The molecule has 0 radical (unpaired) electrons. The van der Waals surface area contributed by atoms with Crippen molar-refractivity contribution in [1.29, 1.82) is 0 Å². The molecule has 0 saturated heterocycles. The Hall–Kier alpha value is -1.16. The van der Waals surface area contributed by atoms with E-state index in [9.17, 15) is 44.3 Å². The molecule has 0 aliphatic rings. The number of ether oxygens (including phenoxy) is 1. The molecule has 3 unspecified atom stereocenters. The summed E-state index contributed by atoms with van der Waals surface area (Å²) in [5.74, 6) is -20.1. The molecule has 3 atom stereocenters. The molecule has 0 saturated carbocycles. The number of rotatable bonds is 12. The van der Waals surface area contributed by atoms with Crippen LogP contribution in [0.15, 0.2) is 0 Å². The number of halogens is 9. The second-order valence-electron chi connectivity index (χ2n) is 8.65. The highest BCUT2D eigenvalue weighted by atomic mass is 19.4. The quantitative estimate of drug-likeness (QED) is 0.214. The first-order chi connectivity index (χ1) is 13.7. The van der Waals surface area contributed by atoms with Crippen LogP contribution in [0.25, 0.3) is 0 Å². The van der Waals surface area contributed by atoms with Gasteiger partial charge in [-0.3, -0.25) is 4.79 Å². The normalized spacial score (nSPS) is 17.9. The van der Waals surface area contributed by atoms with Gasteiger partial charge in [0.1, 0.15) is 6.10 Å². The summed E-state index contributed by atoms with van der Waals surface area (Å²) in [6, 6.07) is 0. The Kier molecular flexibility index (Phi) is 9.81. The molecule has 0 aromatic rings. The van der Waals surface area contributed by atoms with Gasteiger partial charge in [0.05, 0.1) is 5.41 Å². The van der Waals surface area contributed by atoms with Crippen molar-refractivity contribution < 1.29 is 49.0 Å². The molecule has 0 heterocycles. The zero-order chi connectivity index (χ0) is 25.1. The average molecular weight is 474 g/mol. The van der Waals surface area contributed by atoms with E-state index in [2.05, 4.69) is 0 Å². The molecule has 0 amide bonds. The molecule has 2 nitrogen and oxygen atoms in total. The topological polar surface area (TPSA) is 26.3 Å². The summed E-state index contributed by atoms with van der Waals surface area (Å²) in [5, 5.41) is 0. The highest BCUT2D eigenvalue weighted by Gasteiger charge is 2.81. The van der Waals surface area contributed by atoms with Crippen LogP contribution in [0, 0.1) is 17.3 Å². The fourth-order valence-corrected chi connectivity index (χ4v) is 3.32. The summed E-state index contributed by atoms with van der Waals surface area (Å²) < 4.78 is 122. The van der Waals surface area contributed by atoms with Gasteiger partial charge in [-0.05, 0) is 38.0 Å². The first-order valence-corrected chi connectivity index (χ1v) is 10.1. The van der Waals surface area contributed by atoms with Crippen molar-refractivity contribution in [2.45, 2.75) is 104 Å². The van der Waals surface area contributed by atoms with Crippen molar-refractivity contribution in [3.63, 3.8) is 0 Å². The zero-order valence-corrected chi connectivity index (χ0v) is 18.5. The van der Waals surface area contributed by atoms with E-state index in [0.717, 1.165) is 0 Å². The van der Waals surface area contributed by atoms with Gasteiger partial charge in [-0.2, -0.15) is 39.5 Å². The maximum Gasteiger partial charge on any atom is 0.460 e. The average Bonchev–Trinajstić information content (AvgIpc) is 2.61. The molecule has 0 spiro atoms. The predicted molar refractivity (Wildman–Crippen MR) is 97.3 cm³/mol. The maximum atomic E-state index is 13.8. The Labute approximate surface area is 176 Å². The van der Waals surface area contributed by atoms with Gasteiger partial charge in [0.15, 0.2) is 0 Å². The largest absolute Gasteiger partial charge is 0.462 e. The minimum Gasteiger partial charge on any atom is -0.462 e. The molecule has 0 N–H and O–H groups in total. The van der Waals surface area contributed by atoms with E-state index in [4.69, 9.17) is 4.74 Å². The van der Waals surface area contributed by atoms with Gasteiger partial charge in [-0.1, -0.05) is 41.0 Å². The SMILES string of the molecule is CCC(CCC(F)(F)C(F)(F)C(F)(F)C(F)(F)F)OC(=O)C(C)(CC(C)C)C(C)CC. The fourth-order valence-electron chi connectivity index (χ4n) is 3.32. The summed E-state index contributed by atoms with van der Waals surface area (Å²) in [6.07, 6.45) is -10.3. The highest BCUT2D eigenvalue weighted by Crippen LogP contribution is 2.54. The van der Waals surface area contributed by atoms with Gasteiger partial charge in [0.25, 0.3) is 0 Å². The van der Waals surface area contributed by atoms with Gasteiger partial charge in [-0.25, -0.2) is 0 Å². The van der Waals surface area contributed by atoms with Gasteiger partial charge < -0.3 is 4.74 Å². The lowest BCUT2D eigenvalue weighted by molar-refractivity contribution is -0.397. The second kappa shape index (κ2) is 10.2. The third-order valence-electron chi connectivity index (χ3n) is 5.72. The van der Waals surface area contributed by atoms with Crippen molar-refractivity contribution in [3.05, 3.63) is 0 Å². The van der Waals surface area contributed by atoms with Crippen molar-refractivity contribution in [2.75, 3.05) is 0 Å². The van der Waals surface area contributed by atoms with E-state index < -0.39 is 54.3 Å². The highest BCUT2D eigenvalue weighted by molar-refractivity contribution is 5.77. The van der Waals surface area contributed by atoms with Crippen molar-refractivity contribution >= 4 is 5.97 Å². The number of carbonyl (C=O) groups excluding carboxylic acids is 1. The lowest BCUT2D eigenvalue weighted by Crippen LogP contribution is -2.60. The van der Waals surface area contributed by atoms with E-state index in [1.807, 2.05) is 20.8 Å². The zero-order valence-electron chi connectivity index (χ0n) is 18.5. The molecule has 0 aliphatic carbocycles. The Bertz CT molecular complexity index is 588. The summed E-state index contributed by atoms with van der Waals surface area (Å²) >= 11 is 0. The van der Waals surface area contributed by atoms with Gasteiger partial charge in [0, 0.05) is 6.42 Å². The lowest BCUT2D eigenvalue weighted by Gasteiger charge is -2.36. The molecule has 0 aromatic heterocycles. The fraction of sp³-hybridized carbons (Fsp3) is 0.950. The van der Waals surface area contributed by atoms with Gasteiger partial charge in [-0.15, -0.1) is 0 Å². The molecular formula is C20H31F9O2. The van der Waals surface area contributed by atoms with Gasteiger partial charge in [0.2, 0.25) is 0 Å². The summed E-state index contributed by atoms with van der Waals surface area (Å²) in [7, 11) is 0. The van der Waals surface area contributed by atoms with E-state index in [1.165, 1.54) is 6.92 Å². The molecular weight excluding hydrogens is 443 g/mol. The van der Waals surface area contributed by atoms with Crippen LogP contribution in [0.1, 0.15) is 73.6 Å². The lowest BCUT2D eigenvalue weighted by atomic mass is 9.71. The number of carbonyl (C=O) groups is 1. The molecule has 0 bridgehead atoms. The standard InChI is InChI=1S/C20H31F9O2/c1-7-13(5)16(6,11-12(3)4)15(30)31-14(8-2)9-10-17(21,22)18(23,24)19(25,26)20(27,28)29/h12-14H,7-11H2,1-6H3. The third kappa shape index (κ3) is 6.43. The van der Waals surface area contributed by atoms with E-state index in [1.54, 1.807) is 13.8 Å². The van der Waals surface area contributed by atoms with Crippen LogP contribution in [0.3, 0.4) is 0 Å². The van der Waals surface area contributed by atoms with Crippen molar-refractivity contribution in [1.82, 2.24) is 0 Å². The summed E-state index contributed by atoms with van der Waals surface area (Å²) in [5.41, 5.74) is -1.01. The smallest absolute Gasteiger partial charge is 0.460 e. The molecule has 31 heavy (non-hydrogen) atoms. The summed E-state index contributed by atoms with van der Waals surface area (Å²) in [6.45, 7) is 10.4. The predicted octanol–water partition coefficient (Wildman–Crippen LogP) is 7.66. The molecule has 0 fully saturated rings. The molecule has 186 valence electrons. The monoisotopic (exact) mass is 474 g/mol. The molecule has 0 rings (SSSR count). The number of esters is 1. The minimum absolute atomic E-state index is 0.0688. The van der Waals surface area contributed by atoms with Crippen LogP contribution >= 0.6 is 0 Å². The minimum atomic E-state index is -6.92. The molecule has 11 heteroatoms. The van der Waals surface area contributed by atoms with E-state index in [-0.39, 0.29) is 18.3 Å². The van der Waals surface area contributed by atoms with Crippen LogP contribution in [-0.4, -0.2) is 36.0 Å². The second-order valence-corrected chi connectivity index (χ2v) is 8.65. The Morgan fingerprint density at radius 3 is 1.68 bits per heavy atom. The van der Waals surface area contributed by atoms with Crippen molar-refractivity contribution in [3.8, 4) is 0 Å². The first kappa shape index (κ1) is 29.8. The number of alkyl halides is 9. The summed E-state index contributed by atoms with van der Waals surface area (Å²) in [4.78, 5) is 12.8. The third-order valence-corrected chi connectivity index (χ3v) is 5.72. The van der Waals surface area contributed by atoms with Crippen LogP contribution in [0.4, 0.5) is 39.5 Å². The van der Waals surface area contributed by atoms with Crippen LogP contribution in [0.5, 0.6) is 0 Å². The van der Waals surface area contributed by atoms with Crippen LogP contribution in [0.2, 0.25) is 0 Å². The first-order valence-electron chi connectivity index (χ1n) is 10.1. The maximum absolute atomic E-state index is 13.8. The van der Waals surface area contributed by atoms with Crippen LogP contribution < -0.4 is 0 Å². The Balaban J connectivity index is 5.50. The van der Waals surface area contributed by atoms with Crippen molar-refractivity contribution in [2.24, 2.45) is 17.3 Å². The number of hydrogen-bond donors (Lipinski definition) is 0. The number of hydrogen-bond acceptors (Lipinski definition) is 2. The van der Waals surface area contributed by atoms with Crippen LogP contribution in [-0.2, 0) is 9.53 Å². The molecule has 0 aliphatic heterocycles. The van der Waals surface area contributed by atoms with E-state index in [0.29, 0.717) is 12.8 Å². The Morgan fingerprint density at radius 2 is 1.32 bits per heavy atom. The van der Waals surface area contributed by atoms with Gasteiger partial charge >= 0.3 is 29.9 Å².